The number of amides is 2. The molecule has 2 N–H and O–H groups in total. The number of hydrogen-bond acceptors (Lipinski definition) is 4. The SMILES string of the molecule is CC1(C)CN(C(=O)NCCS(=O)(=O)NCC2CCC2)CCO1. The third kappa shape index (κ3) is 5.40. The van der Waals surface area contributed by atoms with Gasteiger partial charge in [0.25, 0.3) is 0 Å². The number of nitrogens with zero attached hydrogens (tertiary/aromatic N) is 1. The normalized spacial score (nSPS) is 22.2. The third-order valence-corrected chi connectivity index (χ3v) is 5.52. The van der Waals surface area contributed by atoms with Crippen LogP contribution in [0, 0.1) is 5.92 Å². The second-order valence-corrected chi connectivity index (χ2v) is 8.65. The topological polar surface area (TPSA) is 87.7 Å². The molecule has 0 spiro atoms. The van der Waals surface area contributed by atoms with Gasteiger partial charge in [0.1, 0.15) is 0 Å². The number of sulfonamides is 1. The number of carbonyl (C=O) groups is 1. The minimum atomic E-state index is -3.31. The Morgan fingerprint density at radius 2 is 2.09 bits per heavy atom. The van der Waals surface area contributed by atoms with Gasteiger partial charge >= 0.3 is 6.03 Å². The molecular weight excluding hydrogens is 306 g/mol. The van der Waals surface area contributed by atoms with Crippen LogP contribution in [-0.2, 0) is 14.8 Å². The zero-order valence-corrected chi connectivity index (χ0v) is 14.2. The molecule has 8 heteroatoms. The van der Waals surface area contributed by atoms with Crippen LogP contribution in [0.2, 0.25) is 0 Å². The van der Waals surface area contributed by atoms with Crippen molar-refractivity contribution in [2.45, 2.75) is 38.7 Å². The largest absolute Gasteiger partial charge is 0.372 e. The smallest absolute Gasteiger partial charge is 0.317 e. The first-order valence-corrected chi connectivity index (χ1v) is 9.57. The molecule has 0 aromatic rings. The molecule has 1 saturated carbocycles. The molecule has 22 heavy (non-hydrogen) atoms. The van der Waals surface area contributed by atoms with Crippen molar-refractivity contribution in [3.63, 3.8) is 0 Å². The van der Waals surface area contributed by atoms with Gasteiger partial charge in [0.2, 0.25) is 10.0 Å². The van der Waals surface area contributed by atoms with Gasteiger partial charge in [-0.1, -0.05) is 6.42 Å². The van der Waals surface area contributed by atoms with Crippen molar-refractivity contribution in [1.82, 2.24) is 14.9 Å². The van der Waals surface area contributed by atoms with E-state index in [4.69, 9.17) is 4.74 Å². The summed E-state index contributed by atoms with van der Waals surface area (Å²) in [5, 5.41) is 2.67. The predicted molar refractivity (Wildman–Crippen MR) is 84.1 cm³/mol. The van der Waals surface area contributed by atoms with E-state index in [1.54, 1.807) is 4.90 Å². The van der Waals surface area contributed by atoms with Crippen LogP contribution in [0.1, 0.15) is 33.1 Å². The number of ether oxygens (including phenoxy) is 1. The average molecular weight is 333 g/mol. The number of hydrogen-bond donors (Lipinski definition) is 2. The maximum Gasteiger partial charge on any atom is 0.317 e. The van der Waals surface area contributed by atoms with Crippen molar-refractivity contribution in [3.05, 3.63) is 0 Å². The van der Waals surface area contributed by atoms with Crippen LogP contribution in [0.15, 0.2) is 0 Å². The first-order valence-electron chi connectivity index (χ1n) is 7.91. The molecule has 0 bridgehead atoms. The Kier molecular flexibility index (Phi) is 5.68. The van der Waals surface area contributed by atoms with E-state index in [1.807, 2.05) is 13.8 Å². The van der Waals surface area contributed by atoms with E-state index in [0.717, 1.165) is 12.8 Å². The summed E-state index contributed by atoms with van der Waals surface area (Å²) in [6.07, 6.45) is 3.40. The Balaban J connectivity index is 1.67. The number of morpholine rings is 1. The molecule has 0 aromatic heterocycles. The van der Waals surface area contributed by atoms with Gasteiger partial charge in [-0.2, -0.15) is 0 Å². The lowest BCUT2D eigenvalue weighted by molar-refractivity contribution is -0.0732. The zero-order chi connectivity index (χ0) is 16.2. The second-order valence-electron chi connectivity index (χ2n) is 6.73. The van der Waals surface area contributed by atoms with Crippen molar-refractivity contribution in [2.24, 2.45) is 5.92 Å². The summed E-state index contributed by atoms with van der Waals surface area (Å²) in [5.74, 6) is 0.402. The number of carbonyl (C=O) groups excluding carboxylic acids is 1. The molecule has 2 aliphatic rings. The van der Waals surface area contributed by atoms with Gasteiger partial charge < -0.3 is 15.0 Å². The highest BCUT2D eigenvalue weighted by Crippen LogP contribution is 2.25. The molecule has 1 saturated heterocycles. The first-order chi connectivity index (χ1) is 10.3. The quantitative estimate of drug-likeness (QED) is 0.742. The van der Waals surface area contributed by atoms with Gasteiger partial charge in [-0.15, -0.1) is 0 Å². The second kappa shape index (κ2) is 7.14. The van der Waals surface area contributed by atoms with Crippen molar-refractivity contribution in [2.75, 3.05) is 38.5 Å². The minimum Gasteiger partial charge on any atom is -0.372 e. The summed E-state index contributed by atoms with van der Waals surface area (Å²) in [6.45, 7) is 6.04. The Bertz CT molecular complexity index is 488. The lowest BCUT2D eigenvalue weighted by Gasteiger charge is -2.38. The van der Waals surface area contributed by atoms with Gasteiger partial charge in [-0.05, 0) is 32.6 Å². The highest BCUT2D eigenvalue weighted by atomic mass is 32.2. The molecule has 0 radical (unpaired) electrons. The predicted octanol–water partition coefficient (Wildman–Crippen LogP) is 0.526. The molecule has 1 heterocycles. The van der Waals surface area contributed by atoms with Crippen molar-refractivity contribution >= 4 is 16.1 Å². The van der Waals surface area contributed by atoms with Gasteiger partial charge in [0.05, 0.1) is 24.5 Å². The molecule has 0 unspecified atom stereocenters. The lowest BCUT2D eigenvalue weighted by atomic mass is 9.86. The fraction of sp³-hybridized carbons (Fsp3) is 0.929. The van der Waals surface area contributed by atoms with Crippen LogP contribution < -0.4 is 10.0 Å². The Morgan fingerprint density at radius 3 is 2.68 bits per heavy atom. The highest BCUT2D eigenvalue weighted by Gasteiger charge is 2.30. The van der Waals surface area contributed by atoms with Crippen molar-refractivity contribution in [1.29, 1.82) is 0 Å². The molecule has 1 aliphatic carbocycles. The molecule has 128 valence electrons. The van der Waals surface area contributed by atoms with Crippen LogP contribution in [0.5, 0.6) is 0 Å². The summed E-state index contributed by atoms with van der Waals surface area (Å²) in [4.78, 5) is 13.7. The van der Waals surface area contributed by atoms with Gasteiger partial charge in [-0.25, -0.2) is 17.9 Å². The fourth-order valence-corrected chi connectivity index (χ4v) is 3.61. The van der Waals surface area contributed by atoms with Crippen molar-refractivity contribution < 1.29 is 17.9 Å². The van der Waals surface area contributed by atoms with E-state index in [-0.39, 0.29) is 23.9 Å². The lowest BCUT2D eigenvalue weighted by Crippen LogP contribution is -2.54. The Morgan fingerprint density at radius 1 is 1.36 bits per heavy atom. The van der Waals surface area contributed by atoms with Crippen LogP contribution in [0.4, 0.5) is 4.79 Å². The van der Waals surface area contributed by atoms with Crippen LogP contribution in [0.3, 0.4) is 0 Å². The maximum atomic E-state index is 12.0. The molecular formula is C14H27N3O4S. The van der Waals surface area contributed by atoms with Gasteiger partial charge in [0, 0.05) is 19.6 Å². The average Bonchev–Trinajstić information content (AvgIpc) is 2.35. The van der Waals surface area contributed by atoms with Gasteiger partial charge in [0.15, 0.2) is 0 Å². The van der Waals surface area contributed by atoms with Gasteiger partial charge in [-0.3, -0.25) is 0 Å². The molecule has 7 nitrogen and oxygen atoms in total. The molecule has 1 aliphatic heterocycles. The molecule has 2 amide bonds. The van der Waals surface area contributed by atoms with E-state index in [9.17, 15) is 13.2 Å². The van der Waals surface area contributed by atoms with E-state index >= 15 is 0 Å². The van der Waals surface area contributed by atoms with Crippen LogP contribution in [0.25, 0.3) is 0 Å². The van der Waals surface area contributed by atoms with E-state index in [0.29, 0.717) is 32.2 Å². The minimum absolute atomic E-state index is 0.0841. The van der Waals surface area contributed by atoms with Crippen LogP contribution in [-0.4, -0.2) is 63.5 Å². The number of nitrogens with one attached hydrogen (secondary N) is 2. The Hall–Kier alpha value is -0.860. The summed E-state index contributed by atoms with van der Waals surface area (Å²) < 4.78 is 31.8. The van der Waals surface area contributed by atoms with Crippen LogP contribution >= 0.6 is 0 Å². The first kappa shape index (κ1) is 17.5. The molecule has 0 aromatic carbocycles. The molecule has 0 atom stereocenters. The number of rotatable bonds is 6. The van der Waals surface area contributed by atoms with Crippen molar-refractivity contribution in [3.8, 4) is 0 Å². The third-order valence-electron chi connectivity index (χ3n) is 4.18. The van der Waals surface area contributed by atoms with E-state index in [2.05, 4.69) is 10.0 Å². The Labute approximate surface area is 132 Å². The summed E-state index contributed by atoms with van der Waals surface area (Å²) in [5.41, 5.74) is -0.355. The summed E-state index contributed by atoms with van der Waals surface area (Å²) in [7, 11) is -3.31. The zero-order valence-electron chi connectivity index (χ0n) is 13.4. The molecule has 2 fully saturated rings. The molecule has 2 rings (SSSR count). The highest BCUT2D eigenvalue weighted by molar-refractivity contribution is 7.89. The fourth-order valence-electron chi connectivity index (χ4n) is 2.61. The van der Waals surface area contributed by atoms with E-state index in [1.165, 1.54) is 6.42 Å². The monoisotopic (exact) mass is 333 g/mol. The summed E-state index contributed by atoms with van der Waals surface area (Å²) >= 11 is 0. The number of urea groups is 1. The maximum absolute atomic E-state index is 12.0. The van der Waals surface area contributed by atoms with E-state index < -0.39 is 10.0 Å². The summed E-state index contributed by atoms with van der Waals surface area (Å²) in [6, 6.07) is -0.231. The standard InChI is InChI=1S/C14H27N3O4S/c1-14(2)11-17(7-8-21-14)13(18)15-6-9-22(19,20)16-10-12-4-3-5-12/h12,16H,3-11H2,1-2H3,(H,15,18).